The van der Waals surface area contributed by atoms with Gasteiger partial charge in [-0.3, -0.25) is 9.67 Å². The van der Waals surface area contributed by atoms with E-state index < -0.39 is 0 Å². The highest BCUT2D eigenvalue weighted by atomic mass is 35.5. The number of aryl methyl sites for hydroxylation is 1. The fourth-order valence-electron chi connectivity index (χ4n) is 3.00. The molecule has 0 saturated carbocycles. The first-order valence-electron chi connectivity index (χ1n) is 7.25. The van der Waals surface area contributed by atoms with Crippen LogP contribution in [-0.4, -0.2) is 15.5 Å². The molecule has 0 N–H and O–H groups in total. The molecule has 7 heteroatoms. The van der Waals surface area contributed by atoms with Crippen LogP contribution in [0.2, 0.25) is 5.02 Å². The van der Waals surface area contributed by atoms with Crippen molar-refractivity contribution in [2.75, 3.05) is 0 Å². The predicted molar refractivity (Wildman–Crippen MR) is 104 cm³/mol. The minimum atomic E-state index is -0.291. The minimum absolute atomic E-state index is 0. The first-order valence-corrected chi connectivity index (χ1v) is 7.63. The van der Waals surface area contributed by atoms with Gasteiger partial charge in [0.05, 0.1) is 24.1 Å². The van der Waals surface area contributed by atoms with Crippen LogP contribution in [0.4, 0.5) is 4.39 Å². The van der Waals surface area contributed by atoms with Crippen LogP contribution in [0.3, 0.4) is 0 Å². The number of halogens is 4. The van der Waals surface area contributed by atoms with Gasteiger partial charge in [-0.15, -0.1) is 24.8 Å². The largest absolute Gasteiger partial charge is 0.279 e. The van der Waals surface area contributed by atoms with Gasteiger partial charge >= 0.3 is 0 Å². The Morgan fingerprint density at radius 2 is 1.80 bits per heavy atom. The van der Waals surface area contributed by atoms with E-state index >= 15 is 0 Å². The van der Waals surface area contributed by atoms with Crippen molar-refractivity contribution in [2.24, 2.45) is 12.0 Å². The summed E-state index contributed by atoms with van der Waals surface area (Å²) in [5.74, 6) is -0.291. The van der Waals surface area contributed by atoms with E-state index in [1.807, 2.05) is 42.2 Å². The molecule has 3 aromatic rings. The third-order valence-corrected chi connectivity index (χ3v) is 4.28. The van der Waals surface area contributed by atoms with E-state index in [0.717, 1.165) is 22.4 Å². The molecule has 25 heavy (non-hydrogen) atoms. The standard InChI is InChI=1S/C18H13ClFN3.2ClH/c1-23-18-11(10-22-23)9-21-17(14-4-2-3-5-16(14)20)15-8-12(19)6-7-13(15)18;;/h2-8,10H,9H2,1H3;2*1H. The van der Waals surface area contributed by atoms with E-state index in [4.69, 9.17) is 11.6 Å². The lowest BCUT2D eigenvalue weighted by molar-refractivity contribution is 0.625. The van der Waals surface area contributed by atoms with E-state index in [0.29, 0.717) is 22.8 Å². The highest BCUT2D eigenvalue weighted by Gasteiger charge is 2.23. The van der Waals surface area contributed by atoms with Gasteiger partial charge in [-0.05, 0) is 24.3 Å². The third kappa shape index (κ3) is 3.30. The molecule has 1 aliphatic rings. The Morgan fingerprint density at radius 1 is 1.04 bits per heavy atom. The average molecular weight is 399 g/mol. The zero-order valence-electron chi connectivity index (χ0n) is 13.2. The summed E-state index contributed by atoms with van der Waals surface area (Å²) >= 11 is 6.19. The molecule has 2 heterocycles. The van der Waals surface area contributed by atoms with Gasteiger partial charge in [0.15, 0.2) is 0 Å². The highest BCUT2D eigenvalue weighted by Crippen LogP contribution is 2.34. The van der Waals surface area contributed by atoms with Gasteiger partial charge in [-0.25, -0.2) is 4.39 Å². The van der Waals surface area contributed by atoms with Gasteiger partial charge in [0.1, 0.15) is 5.82 Å². The Balaban J connectivity index is 0.00000113. The summed E-state index contributed by atoms with van der Waals surface area (Å²) in [5.41, 5.74) is 4.90. The molecule has 0 radical (unpaired) electrons. The van der Waals surface area contributed by atoms with Crippen molar-refractivity contribution in [3.8, 4) is 11.3 Å². The molecule has 0 amide bonds. The van der Waals surface area contributed by atoms with E-state index in [2.05, 4.69) is 10.1 Å². The molecule has 4 rings (SSSR count). The van der Waals surface area contributed by atoms with Crippen molar-refractivity contribution in [2.45, 2.75) is 6.54 Å². The molecule has 1 aliphatic heterocycles. The first-order chi connectivity index (χ1) is 11.1. The second-order valence-electron chi connectivity index (χ2n) is 5.48. The zero-order chi connectivity index (χ0) is 16.0. The number of aromatic nitrogens is 2. The van der Waals surface area contributed by atoms with Crippen molar-refractivity contribution in [3.63, 3.8) is 0 Å². The first kappa shape index (κ1) is 19.4. The third-order valence-electron chi connectivity index (χ3n) is 4.04. The molecule has 0 saturated heterocycles. The van der Waals surface area contributed by atoms with Gasteiger partial charge in [0, 0.05) is 34.3 Å². The average Bonchev–Trinajstić information content (AvgIpc) is 2.82. The molecule has 0 aliphatic carbocycles. The number of benzene rings is 2. The number of fused-ring (bicyclic) bond motifs is 3. The molecule has 2 aromatic carbocycles. The lowest BCUT2D eigenvalue weighted by atomic mass is 9.95. The predicted octanol–water partition coefficient (Wildman–Crippen LogP) is 5.07. The van der Waals surface area contributed by atoms with E-state index in [1.165, 1.54) is 6.07 Å². The topological polar surface area (TPSA) is 30.2 Å². The Hall–Kier alpha value is -1.88. The number of hydrogen-bond donors (Lipinski definition) is 0. The SMILES string of the molecule is Cl.Cl.Cn1ncc2c1-c1ccc(Cl)cc1C(c1ccccc1F)=NC2. The van der Waals surface area contributed by atoms with Crippen molar-refractivity contribution in [1.82, 2.24) is 9.78 Å². The summed E-state index contributed by atoms with van der Waals surface area (Å²) in [5, 5.41) is 4.91. The molecule has 0 atom stereocenters. The number of hydrogen-bond acceptors (Lipinski definition) is 2. The van der Waals surface area contributed by atoms with Crippen molar-refractivity contribution >= 4 is 42.1 Å². The molecular formula is C18H15Cl3FN3. The number of rotatable bonds is 1. The fraction of sp³-hybridized carbons (Fsp3) is 0.111. The van der Waals surface area contributed by atoms with Crippen molar-refractivity contribution < 1.29 is 4.39 Å². The van der Waals surface area contributed by atoms with Crippen LogP contribution in [-0.2, 0) is 13.6 Å². The summed E-state index contributed by atoms with van der Waals surface area (Å²) in [6.45, 7) is 0.457. The lowest BCUT2D eigenvalue weighted by Gasteiger charge is -2.12. The quantitative estimate of drug-likeness (QED) is 0.562. The normalized spacial score (nSPS) is 12.0. The van der Waals surface area contributed by atoms with Crippen molar-refractivity contribution in [1.29, 1.82) is 0 Å². The maximum absolute atomic E-state index is 14.3. The molecule has 130 valence electrons. The van der Waals surface area contributed by atoms with Gasteiger partial charge < -0.3 is 0 Å². The summed E-state index contributed by atoms with van der Waals surface area (Å²) in [7, 11) is 1.89. The minimum Gasteiger partial charge on any atom is -0.279 e. The Bertz CT molecular complexity index is 950. The smallest absolute Gasteiger partial charge is 0.132 e. The zero-order valence-corrected chi connectivity index (χ0v) is 15.6. The van der Waals surface area contributed by atoms with Gasteiger partial charge in [-0.1, -0.05) is 29.8 Å². The van der Waals surface area contributed by atoms with Gasteiger partial charge in [0.25, 0.3) is 0 Å². The number of aliphatic imine (C=N–C) groups is 1. The summed E-state index contributed by atoms with van der Waals surface area (Å²) in [4.78, 5) is 4.66. The molecule has 1 aromatic heterocycles. The molecule has 0 unspecified atom stereocenters. The Morgan fingerprint density at radius 3 is 2.56 bits per heavy atom. The van der Waals surface area contributed by atoms with Crippen LogP contribution >= 0.6 is 36.4 Å². The fourth-order valence-corrected chi connectivity index (χ4v) is 3.17. The van der Waals surface area contributed by atoms with Crippen LogP contribution in [0.15, 0.2) is 53.7 Å². The van der Waals surface area contributed by atoms with E-state index in [1.54, 1.807) is 12.1 Å². The highest BCUT2D eigenvalue weighted by molar-refractivity contribution is 6.31. The monoisotopic (exact) mass is 397 g/mol. The molecular weight excluding hydrogens is 384 g/mol. The second kappa shape index (κ2) is 7.56. The van der Waals surface area contributed by atoms with Crippen LogP contribution in [0.5, 0.6) is 0 Å². The van der Waals surface area contributed by atoms with Crippen LogP contribution in [0.1, 0.15) is 16.7 Å². The van der Waals surface area contributed by atoms with Gasteiger partial charge in [-0.2, -0.15) is 5.10 Å². The molecule has 0 fully saturated rings. The lowest BCUT2D eigenvalue weighted by Crippen LogP contribution is -2.08. The maximum Gasteiger partial charge on any atom is 0.132 e. The van der Waals surface area contributed by atoms with Crippen molar-refractivity contribution in [3.05, 3.63) is 76.2 Å². The van der Waals surface area contributed by atoms with Crippen LogP contribution < -0.4 is 0 Å². The molecule has 0 bridgehead atoms. The van der Waals surface area contributed by atoms with Crippen LogP contribution in [0, 0.1) is 5.82 Å². The Kier molecular flexibility index (Phi) is 5.88. The number of nitrogens with zero attached hydrogens (tertiary/aromatic N) is 3. The Labute approximate surface area is 162 Å². The van der Waals surface area contributed by atoms with E-state index in [9.17, 15) is 4.39 Å². The summed E-state index contributed by atoms with van der Waals surface area (Å²) in [6.07, 6.45) is 1.81. The summed E-state index contributed by atoms with van der Waals surface area (Å²) < 4.78 is 16.1. The maximum atomic E-state index is 14.3. The van der Waals surface area contributed by atoms with Gasteiger partial charge in [0.2, 0.25) is 0 Å². The second-order valence-corrected chi connectivity index (χ2v) is 5.91. The van der Waals surface area contributed by atoms with Crippen LogP contribution in [0.25, 0.3) is 11.3 Å². The van der Waals surface area contributed by atoms with E-state index in [-0.39, 0.29) is 30.6 Å². The summed E-state index contributed by atoms with van der Waals surface area (Å²) in [6, 6.07) is 12.3. The molecule has 3 nitrogen and oxygen atoms in total. The molecule has 0 spiro atoms.